The van der Waals surface area contributed by atoms with Gasteiger partial charge in [0, 0.05) is 5.69 Å². The van der Waals surface area contributed by atoms with Gasteiger partial charge in [0.25, 0.3) is 0 Å². The summed E-state index contributed by atoms with van der Waals surface area (Å²) in [6.45, 7) is 1.89. The number of nitrogens with one attached hydrogen (secondary N) is 1. The molecule has 0 fully saturated rings. The average Bonchev–Trinajstić information content (AvgIpc) is 2.21. The first-order valence-electron chi connectivity index (χ1n) is 4.48. The Balaban J connectivity index is 2.95. The monoisotopic (exact) mass is 191 g/mol. The molecular weight excluding hydrogens is 178 g/mol. The van der Waals surface area contributed by atoms with E-state index in [2.05, 4.69) is 0 Å². The number of hydrogen-bond donors (Lipinski definition) is 2. The van der Waals surface area contributed by atoms with Crippen molar-refractivity contribution in [1.82, 2.24) is 0 Å². The molecule has 0 saturated carbocycles. The topological polar surface area (TPSA) is 79.4 Å². The quantitative estimate of drug-likeness (QED) is 0.535. The first-order valence-corrected chi connectivity index (χ1v) is 4.48. The van der Waals surface area contributed by atoms with Gasteiger partial charge < -0.3 is 11.3 Å². The fourth-order valence-electron chi connectivity index (χ4n) is 1.38. The lowest BCUT2D eigenvalue weighted by atomic mass is 9.96. The molecule has 1 aromatic rings. The van der Waals surface area contributed by atoms with E-state index in [-0.39, 0.29) is 5.92 Å². The van der Waals surface area contributed by atoms with Crippen molar-refractivity contribution < 1.29 is 9.91 Å². The number of carbonyl (C=O) groups excluding carboxylic acids is 1. The number of nitrogens with two attached hydrogens (primary N) is 1. The van der Waals surface area contributed by atoms with Gasteiger partial charge in [0.05, 0.1) is 0 Å². The number of nitrogens with zero attached hydrogens (tertiary/aromatic N) is 1. The molecule has 0 heterocycles. The molecule has 1 amide bonds. The Bertz CT molecular complexity index is 332. The molecule has 14 heavy (non-hydrogen) atoms. The molecule has 1 aromatic carbocycles. The van der Waals surface area contributed by atoms with Crippen LogP contribution in [-0.4, -0.2) is 5.91 Å². The normalized spacial score (nSPS) is 12.1. The smallest absolute Gasteiger partial charge is 0.381 e. The predicted molar refractivity (Wildman–Crippen MR) is 53.2 cm³/mol. The van der Waals surface area contributed by atoms with Gasteiger partial charge in [-0.05, 0) is 24.1 Å². The van der Waals surface area contributed by atoms with Gasteiger partial charge in [0.1, 0.15) is 5.92 Å². The van der Waals surface area contributed by atoms with Crippen molar-refractivity contribution in [2.24, 2.45) is 0 Å². The maximum Gasteiger partial charge on any atom is 0.381 e. The van der Waals surface area contributed by atoms with E-state index in [1.807, 2.05) is 6.92 Å². The lowest BCUT2D eigenvalue weighted by Crippen LogP contribution is -2.70. The van der Waals surface area contributed by atoms with Gasteiger partial charge in [-0.2, -0.15) is 0 Å². The lowest BCUT2D eigenvalue weighted by Gasteiger charge is -2.08. The van der Waals surface area contributed by atoms with Crippen LogP contribution in [0.5, 0.6) is 0 Å². The van der Waals surface area contributed by atoms with E-state index in [1.54, 1.807) is 29.4 Å². The molecule has 1 atom stereocenters. The zero-order chi connectivity index (χ0) is 10.6. The second-order valence-corrected chi connectivity index (χ2v) is 3.10. The van der Waals surface area contributed by atoms with Crippen LogP contribution < -0.4 is 10.8 Å². The largest absolute Gasteiger partial charge is 0.499 e. The Morgan fingerprint density at radius 2 is 2.07 bits per heavy atom. The van der Waals surface area contributed by atoms with E-state index in [9.17, 15) is 4.79 Å². The maximum atomic E-state index is 11.2. The highest BCUT2D eigenvalue weighted by molar-refractivity contribution is 5.74. The minimum absolute atomic E-state index is 0.319. The number of anilines is 1. The zero-order valence-corrected chi connectivity index (χ0v) is 8.03. The number of rotatable bonds is 3. The Morgan fingerprint density at radius 1 is 1.50 bits per heavy atom. The summed E-state index contributed by atoms with van der Waals surface area (Å²) in [5.74, 6) is -0.710. The highest BCUT2D eigenvalue weighted by Crippen LogP contribution is 2.19. The SMILES string of the molecule is CCC(C(=O)[NH+]=[N-])c1ccc(N)cc1. The molecule has 4 heteroatoms. The first kappa shape index (κ1) is 10.4. The molecular formula is C10H13N3O. The summed E-state index contributed by atoms with van der Waals surface area (Å²) in [7, 11) is 0. The van der Waals surface area contributed by atoms with Crippen molar-refractivity contribution >= 4 is 11.6 Å². The minimum Gasteiger partial charge on any atom is -0.499 e. The van der Waals surface area contributed by atoms with Crippen molar-refractivity contribution in [3.63, 3.8) is 0 Å². The molecule has 1 unspecified atom stereocenters. The van der Waals surface area contributed by atoms with Gasteiger partial charge in [-0.15, -0.1) is 0 Å². The fraction of sp³-hybridized carbons (Fsp3) is 0.300. The van der Waals surface area contributed by atoms with Crippen molar-refractivity contribution in [3.8, 4) is 0 Å². The molecule has 1 rings (SSSR count). The summed E-state index contributed by atoms with van der Waals surface area (Å²) >= 11 is 0. The summed E-state index contributed by atoms with van der Waals surface area (Å²) in [6, 6.07) is 7.06. The van der Waals surface area contributed by atoms with Crippen molar-refractivity contribution in [2.45, 2.75) is 19.3 Å². The first-order chi connectivity index (χ1) is 6.69. The van der Waals surface area contributed by atoms with Crippen molar-refractivity contribution in [2.75, 3.05) is 5.73 Å². The highest BCUT2D eigenvalue weighted by atomic mass is 16.1. The third-order valence-electron chi connectivity index (χ3n) is 2.17. The van der Waals surface area contributed by atoms with Crippen LogP contribution in [0.25, 0.3) is 5.53 Å². The second kappa shape index (κ2) is 4.50. The molecule has 0 spiro atoms. The van der Waals surface area contributed by atoms with E-state index < -0.39 is 5.91 Å². The van der Waals surface area contributed by atoms with Crippen LogP contribution >= 0.6 is 0 Å². The number of hydrogen-bond acceptors (Lipinski definition) is 2. The molecule has 3 N–H and O–H groups in total. The fourth-order valence-corrected chi connectivity index (χ4v) is 1.38. The summed E-state index contributed by atoms with van der Waals surface area (Å²) < 4.78 is 0. The van der Waals surface area contributed by atoms with Crippen molar-refractivity contribution in [1.29, 1.82) is 0 Å². The number of nitrogen functional groups attached to an aromatic ring is 1. The van der Waals surface area contributed by atoms with E-state index >= 15 is 0 Å². The second-order valence-electron chi connectivity index (χ2n) is 3.10. The number of carbonyl (C=O) groups is 1. The summed E-state index contributed by atoms with van der Waals surface area (Å²) in [4.78, 5) is 11.2. The van der Waals surface area contributed by atoms with E-state index in [0.29, 0.717) is 12.1 Å². The molecule has 4 nitrogen and oxygen atoms in total. The standard InChI is InChI=1S/C10H13N3O/c1-2-9(10(14)13-12)7-3-5-8(11)6-4-7/h3-6,9,13H,2,11H2,1H3. The van der Waals surface area contributed by atoms with Gasteiger partial charge in [0.15, 0.2) is 0 Å². The predicted octanol–water partition coefficient (Wildman–Crippen LogP) is 0.391. The Morgan fingerprint density at radius 3 is 2.50 bits per heavy atom. The van der Waals surface area contributed by atoms with Gasteiger partial charge in [-0.25, -0.2) is 4.79 Å². The van der Waals surface area contributed by atoms with E-state index in [1.165, 1.54) is 0 Å². The third-order valence-corrected chi connectivity index (χ3v) is 2.17. The van der Waals surface area contributed by atoms with E-state index in [0.717, 1.165) is 5.56 Å². The molecule has 0 aromatic heterocycles. The molecule has 0 aliphatic heterocycles. The van der Waals surface area contributed by atoms with Crippen LogP contribution in [0.1, 0.15) is 24.8 Å². The Hall–Kier alpha value is -1.71. The minimum atomic E-state index is -0.391. The van der Waals surface area contributed by atoms with Crippen LogP contribution in [0.3, 0.4) is 0 Å². The molecule has 0 aliphatic rings. The Kier molecular flexibility index (Phi) is 3.34. The summed E-state index contributed by atoms with van der Waals surface area (Å²) in [5, 5.41) is 1.66. The average molecular weight is 191 g/mol. The van der Waals surface area contributed by atoms with Crippen molar-refractivity contribution in [3.05, 3.63) is 35.4 Å². The highest BCUT2D eigenvalue weighted by Gasteiger charge is 2.20. The van der Waals surface area contributed by atoms with Crippen LogP contribution in [-0.2, 0) is 4.79 Å². The summed E-state index contributed by atoms with van der Waals surface area (Å²) in [5.41, 5.74) is 15.6. The maximum absolute atomic E-state index is 11.2. The van der Waals surface area contributed by atoms with Crippen LogP contribution in [0, 0.1) is 0 Å². The van der Waals surface area contributed by atoms with Gasteiger partial charge in [-0.3, -0.25) is 5.11 Å². The molecule has 0 bridgehead atoms. The molecule has 74 valence electrons. The molecule has 0 aliphatic carbocycles. The van der Waals surface area contributed by atoms with Crippen LogP contribution in [0.4, 0.5) is 5.69 Å². The van der Waals surface area contributed by atoms with Gasteiger partial charge in [-0.1, -0.05) is 19.1 Å². The van der Waals surface area contributed by atoms with E-state index in [4.69, 9.17) is 11.3 Å². The summed E-state index contributed by atoms with van der Waals surface area (Å²) in [6.07, 6.45) is 0.635. The zero-order valence-electron chi connectivity index (χ0n) is 8.03. The van der Waals surface area contributed by atoms with Crippen LogP contribution in [0.2, 0.25) is 0 Å². The molecule has 0 saturated heterocycles. The molecule has 0 radical (unpaired) electrons. The van der Waals surface area contributed by atoms with Gasteiger partial charge >= 0.3 is 5.91 Å². The number of amides is 1. The Labute approximate surface area is 82.6 Å². The van der Waals surface area contributed by atoms with Crippen LogP contribution in [0.15, 0.2) is 24.3 Å². The third kappa shape index (κ3) is 2.16. The number of benzene rings is 1. The van der Waals surface area contributed by atoms with Gasteiger partial charge in [0.2, 0.25) is 0 Å². The lowest BCUT2D eigenvalue weighted by molar-refractivity contribution is -0.400.